The third-order valence-corrected chi connectivity index (χ3v) is 6.49. The van der Waals surface area contributed by atoms with Gasteiger partial charge in [-0.25, -0.2) is 9.78 Å². The summed E-state index contributed by atoms with van der Waals surface area (Å²) in [6.07, 6.45) is 4.04. The van der Waals surface area contributed by atoms with Crippen LogP contribution in [0.15, 0.2) is 4.79 Å². The van der Waals surface area contributed by atoms with E-state index in [1.165, 1.54) is 15.9 Å². The lowest BCUT2D eigenvalue weighted by Gasteiger charge is -2.21. The van der Waals surface area contributed by atoms with Gasteiger partial charge in [-0.2, -0.15) is 0 Å². The fourth-order valence-corrected chi connectivity index (χ4v) is 5.19. The summed E-state index contributed by atoms with van der Waals surface area (Å²) >= 11 is 1.46. The van der Waals surface area contributed by atoms with Crippen LogP contribution in [0.3, 0.4) is 0 Å². The minimum atomic E-state index is -0.781. The topological polar surface area (TPSA) is 87.5 Å². The number of aromatic nitrogens is 2. The van der Waals surface area contributed by atoms with Gasteiger partial charge < -0.3 is 9.47 Å². The second-order valence-corrected chi connectivity index (χ2v) is 8.43. The van der Waals surface area contributed by atoms with Crippen LogP contribution in [0.5, 0.6) is 0 Å². The number of esters is 2. The van der Waals surface area contributed by atoms with Crippen molar-refractivity contribution in [3.8, 4) is 0 Å². The highest BCUT2D eigenvalue weighted by molar-refractivity contribution is 7.18. The van der Waals surface area contributed by atoms with Crippen LogP contribution in [-0.4, -0.2) is 34.7 Å². The number of thiophene rings is 1. The molecule has 8 heteroatoms. The van der Waals surface area contributed by atoms with Gasteiger partial charge in [-0.3, -0.25) is 14.2 Å². The van der Waals surface area contributed by atoms with E-state index in [-0.39, 0.29) is 11.5 Å². The third-order valence-electron chi connectivity index (χ3n) is 5.33. The van der Waals surface area contributed by atoms with Gasteiger partial charge in [0, 0.05) is 4.88 Å². The van der Waals surface area contributed by atoms with Gasteiger partial charge in [-0.15, -0.1) is 11.3 Å². The quantitative estimate of drug-likeness (QED) is 0.502. The second-order valence-electron chi connectivity index (χ2n) is 7.35. The Kier molecular flexibility index (Phi) is 6.72. The van der Waals surface area contributed by atoms with Crippen LogP contribution in [0, 0.1) is 6.92 Å². The van der Waals surface area contributed by atoms with Crippen LogP contribution in [0.25, 0.3) is 10.2 Å². The van der Waals surface area contributed by atoms with Gasteiger partial charge in [0.25, 0.3) is 5.56 Å². The normalized spacial score (nSPS) is 17.0. The van der Waals surface area contributed by atoms with E-state index in [4.69, 9.17) is 9.47 Å². The average Bonchev–Trinajstić information content (AvgIpc) is 3.06. The van der Waals surface area contributed by atoms with Crippen molar-refractivity contribution in [2.45, 2.75) is 71.8 Å². The zero-order chi connectivity index (χ0) is 21.1. The molecule has 0 spiro atoms. The number of hydrogen-bond acceptors (Lipinski definition) is 7. The highest BCUT2D eigenvalue weighted by atomic mass is 32.1. The van der Waals surface area contributed by atoms with Gasteiger partial charge in [0.15, 0.2) is 0 Å². The van der Waals surface area contributed by atoms with Crippen LogP contribution >= 0.6 is 11.3 Å². The Morgan fingerprint density at radius 1 is 1.31 bits per heavy atom. The molecular weight excluding hydrogens is 392 g/mol. The fourth-order valence-electron chi connectivity index (χ4n) is 3.87. The van der Waals surface area contributed by atoms with Crippen molar-refractivity contribution >= 4 is 33.5 Å². The molecule has 0 saturated heterocycles. The van der Waals surface area contributed by atoms with Crippen molar-refractivity contribution in [2.24, 2.45) is 0 Å². The van der Waals surface area contributed by atoms with Crippen LogP contribution in [0.4, 0.5) is 0 Å². The van der Waals surface area contributed by atoms with Gasteiger partial charge in [0.2, 0.25) is 0 Å². The standard InChI is InChI=1S/C21H28N2O5S/c1-5-7-11-28-20(25)12(3)23-13(4)22-18-17(19(23)24)16-14(21(26)27-6-2)9-8-10-15(16)29-18/h12,14H,5-11H2,1-4H3. The van der Waals surface area contributed by atoms with E-state index < -0.39 is 17.9 Å². The molecule has 0 amide bonds. The largest absolute Gasteiger partial charge is 0.466 e. The molecule has 0 bridgehead atoms. The first-order valence-corrected chi connectivity index (χ1v) is 11.1. The minimum Gasteiger partial charge on any atom is -0.466 e. The number of nitrogens with zero attached hydrogens (tertiary/aromatic N) is 2. The van der Waals surface area contributed by atoms with E-state index in [2.05, 4.69) is 4.98 Å². The van der Waals surface area contributed by atoms with Crippen molar-refractivity contribution in [1.29, 1.82) is 0 Å². The first kappa shape index (κ1) is 21.5. The maximum absolute atomic E-state index is 13.5. The average molecular weight is 421 g/mol. The molecule has 0 saturated carbocycles. The van der Waals surface area contributed by atoms with Crippen LogP contribution < -0.4 is 5.56 Å². The first-order chi connectivity index (χ1) is 13.9. The molecule has 2 atom stereocenters. The second kappa shape index (κ2) is 9.07. The van der Waals surface area contributed by atoms with Crippen LogP contribution in [-0.2, 0) is 25.5 Å². The fraction of sp³-hybridized carbons (Fsp3) is 0.619. The number of hydrogen-bond donors (Lipinski definition) is 0. The molecule has 0 N–H and O–H groups in total. The van der Waals surface area contributed by atoms with Crippen molar-refractivity contribution in [3.63, 3.8) is 0 Å². The lowest BCUT2D eigenvalue weighted by atomic mass is 9.86. The van der Waals surface area contributed by atoms with Gasteiger partial charge >= 0.3 is 11.9 Å². The molecule has 1 aliphatic rings. The Morgan fingerprint density at radius 3 is 2.76 bits per heavy atom. The van der Waals surface area contributed by atoms with E-state index in [0.717, 1.165) is 36.1 Å². The SMILES string of the molecule is CCCCOC(=O)C(C)n1c(C)nc2sc3c(c2c1=O)C(C(=O)OCC)CCC3. The summed E-state index contributed by atoms with van der Waals surface area (Å²) in [7, 11) is 0. The maximum atomic E-state index is 13.5. The molecule has 0 aliphatic heterocycles. The van der Waals surface area contributed by atoms with Gasteiger partial charge in [-0.1, -0.05) is 13.3 Å². The molecule has 2 heterocycles. The van der Waals surface area contributed by atoms with Crippen molar-refractivity contribution < 1.29 is 19.1 Å². The maximum Gasteiger partial charge on any atom is 0.329 e. The number of ether oxygens (including phenoxy) is 2. The molecule has 29 heavy (non-hydrogen) atoms. The monoisotopic (exact) mass is 420 g/mol. The highest BCUT2D eigenvalue weighted by Gasteiger charge is 2.34. The summed E-state index contributed by atoms with van der Waals surface area (Å²) in [5.41, 5.74) is 0.452. The molecule has 0 radical (unpaired) electrons. The molecule has 2 aromatic rings. The van der Waals surface area contributed by atoms with E-state index in [1.807, 2.05) is 6.92 Å². The lowest BCUT2D eigenvalue weighted by Crippen LogP contribution is -2.32. The Bertz CT molecular complexity index is 978. The smallest absolute Gasteiger partial charge is 0.329 e. The zero-order valence-corrected chi connectivity index (χ0v) is 18.3. The predicted molar refractivity (Wildman–Crippen MR) is 112 cm³/mol. The number of carbonyl (C=O) groups is 2. The van der Waals surface area contributed by atoms with Crippen molar-refractivity contribution in [1.82, 2.24) is 9.55 Å². The zero-order valence-electron chi connectivity index (χ0n) is 17.4. The van der Waals surface area contributed by atoms with Gasteiger partial charge in [0.05, 0.1) is 24.5 Å². The molecule has 7 nitrogen and oxygen atoms in total. The van der Waals surface area contributed by atoms with Gasteiger partial charge in [0.1, 0.15) is 16.7 Å². The van der Waals surface area contributed by atoms with Crippen LogP contribution in [0.1, 0.15) is 74.7 Å². The number of rotatable bonds is 7. The molecule has 0 fully saturated rings. The summed E-state index contributed by atoms with van der Waals surface area (Å²) in [5.74, 6) is -0.735. The van der Waals surface area contributed by atoms with Crippen LogP contribution in [0.2, 0.25) is 0 Å². The molecule has 2 unspecified atom stereocenters. The first-order valence-electron chi connectivity index (χ1n) is 10.3. The van der Waals surface area contributed by atoms with E-state index in [9.17, 15) is 14.4 Å². The molecule has 3 rings (SSSR count). The number of aryl methyl sites for hydroxylation is 2. The highest BCUT2D eigenvalue weighted by Crippen LogP contribution is 2.41. The number of unbranched alkanes of at least 4 members (excludes halogenated alkanes) is 1. The van der Waals surface area contributed by atoms with E-state index >= 15 is 0 Å². The molecule has 2 aromatic heterocycles. The summed E-state index contributed by atoms with van der Waals surface area (Å²) in [4.78, 5) is 44.7. The Balaban J connectivity index is 2.08. The van der Waals surface area contributed by atoms with E-state index in [0.29, 0.717) is 35.7 Å². The molecule has 0 aromatic carbocycles. The summed E-state index contributed by atoms with van der Waals surface area (Å²) in [6, 6.07) is -0.781. The predicted octanol–water partition coefficient (Wildman–Crippen LogP) is 3.65. The van der Waals surface area contributed by atoms with E-state index in [1.54, 1.807) is 20.8 Å². The summed E-state index contributed by atoms with van der Waals surface area (Å²) in [6.45, 7) is 7.80. The van der Waals surface area contributed by atoms with Crippen molar-refractivity contribution in [3.05, 3.63) is 26.6 Å². The molecular formula is C21H28N2O5S. The molecule has 158 valence electrons. The number of fused-ring (bicyclic) bond motifs is 3. The summed E-state index contributed by atoms with van der Waals surface area (Å²) in [5, 5.41) is 0.446. The Morgan fingerprint density at radius 2 is 2.07 bits per heavy atom. The minimum absolute atomic E-state index is 0.291. The lowest BCUT2D eigenvalue weighted by molar-refractivity contribution is -0.147. The van der Waals surface area contributed by atoms with Crippen molar-refractivity contribution in [2.75, 3.05) is 13.2 Å². The number of carbonyl (C=O) groups excluding carboxylic acids is 2. The third kappa shape index (κ3) is 4.08. The summed E-state index contributed by atoms with van der Waals surface area (Å²) < 4.78 is 12.0. The Hall–Kier alpha value is -2.22. The molecule has 1 aliphatic carbocycles. The Labute approximate surface area is 174 Å². The van der Waals surface area contributed by atoms with Gasteiger partial charge in [-0.05, 0) is 52.0 Å².